The highest BCUT2D eigenvalue weighted by Crippen LogP contribution is 2.18. The van der Waals surface area contributed by atoms with Crippen LogP contribution in [-0.4, -0.2) is 35.0 Å². The summed E-state index contributed by atoms with van der Waals surface area (Å²) in [5, 5.41) is 2.88. The molecular formula is C19H21N5O2. The molecule has 7 heteroatoms. The number of hydrogen-bond donors (Lipinski definition) is 2. The van der Waals surface area contributed by atoms with E-state index in [1.807, 2.05) is 42.3 Å². The lowest BCUT2D eigenvalue weighted by atomic mass is 10.2. The van der Waals surface area contributed by atoms with Crippen molar-refractivity contribution in [1.29, 1.82) is 0 Å². The molecule has 7 nitrogen and oxygen atoms in total. The third-order valence-corrected chi connectivity index (χ3v) is 3.99. The van der Waals surface area contributed by atoms with Crippen LogP contribution in [0.5, 0.6) is 5.75 Å². The van der Waals surface area contributed by atoms with Gasteiger partial charge in [0, 0.05) is 43.4 Å². The minimum absolute atomic E-state index is 0.232. The van der Waals surface area contributed by atoms with Gasteiger partial charge in [-0.25, -0.2) is 4.98 Å². The molecule has 2 N–H and O–H groups in total. The van der Waals surface area contributed by atoms with Crippen molar-refractivity contribution < 1.29 is 9.53 Å². The zero-order valence-corrected chi connectivity index (χ0v) is 14.8. The maximum absolute atomic E-state index is 12.5. The van der Waals surface area contributed by atoms with Crippen molar-refractivity contribution in [2.24, 2.45) is 0 Å². The normalized spacial score (nSPS) is 10.4. The molecule has 0 aliphatic rings. The summed E-state index contributed by atoms with van der Waals surface area (Å²) in [6, 6.07) is 11.2. The second-order valence-electron chi connectivity index (χ2n) is 5.79. The number of rotatable bonds is 7. The van der Waals surface area contributed by atoms with Gasteiger partial charge in [0.2, 0.25) is 0 Å². The maximum atomic E-state index is 12.5. The molecule has 0 saturated heterocycles. The molecule has 1 amide bonds. The van der Waals surface area contributed by atoms with Crippen molar-refractivity contribution in [3.8, 4) is 5.75 Å². The quantitative estimate of drug-likeness (QED) is 0.683. The Kier molecular flexibility index (Phi) is 5.48. The monoisotopic (exact) mass is 351 g/mol. The van der Waals surface area contributed by atoms with Gasteiger partial charge in [0.05, 0.1) is 13.7 Å². The molecular weight excluding hydrogens is 330 g/mol. The number of para-hydroxylation sites is 1. The zero-order valence-electron chi connectivity index (χ0n) is 14.8. The van der Waals surface area contributed by atoms with E-state index in [0.29, 0.717) is 18.8 Å². The smallest absolute Gasteiger partial charge is 0.270 e. The average Bonchev–Trinajstić information content (AvgIpc) is 3.19. The topological polar surface area (TPSA) is 83.1 Å². The van der Waals surface area contributed by atoms with Crippen LogP contribution >= 0.6 is 0 Å². The van der Waals surface area contributed by atoms with Gasteiger partial charge in [0.1, 0.15) is 17.3 Å². The number of carbonyl (C=O) groups excluding carboxylic acids is 1. The molecule has 0 spiro atoms. The number of imidazole rings is 1. The molecule has 0 unspecified atom stereocenters. The lowest BCUT2D eigenvalue weighted by Crippen LogP contribution is -2.25. The van der Waals surface area contributed by atoms with Gasteiger partial charge in [0.25, 0.3) is 5.91 Å². The lowest BCUT2D eigenvalue weighted by Gasteiger charge is -2.18. The second-order valence-corrected chi connectivity index (χ2v) is 5.79. The number of benzene rings is 1. The van der Waals surface area contributed by atoms with Crippen molar-refractivity contribution in [3.63, 3.8) is 0 Å². The molecule has 0 saturated carbocycles. The van der Waals surface area contributed by atoms with E-state index in [1.165, 1.54) is 0 Å². The number of amides is 1. The minimum atomic E-state index is -0.232. The first-order valence-corrected chi connectivity index (χ1v) is 8.23. The summed E-state index contributed by atoms with van der Waals surface area (Å²) < 4.78 is 5.30. The highest BCUT2D eigenvalue weighted by molar-refractivity contribution is 5.93. The Labute approximate surface area is 152 Å². The van der Waals surface area contributed by atoms with Crippen LogP contribution in [0.2, 0.25) is 0 Å². The molecule has 0 aliphatic carbocycles. The molecule has 0 aliphatic heterocycles. The van der Waals surface area contributed by atoms with Crippen molar-refractivity contribution in [2.75, 3.05) is 19.1 Å². The van der Waals surface area contributed by atoms with Gasteiger partial charge < -0.3 is 19.9 Å². The van der Waals surface area contributed by atoms with Crippen LogP contribution in [-0.2, 0) is 13.1 Å². The first-order chi connectivity index (χ1) is 12.7. The van der Waals surface area contributed by atoms with E-state index >= 15 is 0 Å². The Hall–Kier alpha value is -3.35. The standard InChI is InChI=1S/C19H21N5O2/c1-24(13-18-21-9-10-22-18)15-7-8-20-16(11-15)19(25)23-12-14-5-3-4-6-17(14)26-2/h3-11H,12-13H2,1-2H3,(H,21,22)(H,23,25). The van der Waals surface area contributed by atoms with Gasteiger partial charge in [-0.2, -0.15) is 0 Å². The summed E-state index contributed by atoms with van der Waals surface area (Å²) in [4.78, 5) is 25.9. The third-order valence-electron chi connectivity index (χ3n) is 3.99. The average molecular weight is 351 g/mol. The number of nitrogens with zero attached hydrogens (tertiary/aromatic N) is 3. The Morgan fingerprint density at radius 1 is 1.23 bits per heavy atom. The largest absolute Gasteiger partial charge is 0.496 e. The number of anilines is 1. The van der Waals surface area contributed by atoms with Gasteiger partial charge in [-0.3, -0.25) is 9.78 Å². The first-order valence-electron chi connectivity index (χ1n) is 8.23. The van der Waals surface area contributed by atoms with Gasteiger partial charge in [-0.05, 0) is 18.2 Å². The molecule has 0 fully saturated rings. The number of methoxy groups -OCH3 is 1. The van der Waals surface area contributed by atoms with Crippen LogP contribution in [0.25, 0.3) is 0 Å². The minimum Gasteiger partial charge on any atom is -0.496 e. The molecule has 1 aromatic carbocycles. The third kappa shape index (κ3) is 4.18. The van der Waals surface area contributed by atoms with Crippen LogP contribution < -0.4 is 15.0 Å². The Balaban J connectivity index is 1.66. The van der Waals surface area contributed by atoms with E-state index < -0.39 is 0 Å². The molecule has 0 bridgehead atoms. The van der Waals surface area contributed by atoms with Crippen molar-refractivity contribution in [2.45, 2.75) is 13.1 Å². The predicted octanol–water partition coefficient (Wildman–Crippen LogP) is 2.38. The number of aromatic nitrogens is 3. The van der Waals surface area contributed by atoms with Crippen molar-refractivity contribution >= 4 is 11.6 Å². The molecule has 3 aromatic rings. The van der Waals surface area contributed by atoms with E-state index in [1.54, 1.807) is 31.8 Å². The number of hydrogen-bond acceptors (Lipinski definition) is 5. The Morgan fingerprint density at radius 3 is 2.85 bits per heavy atom. The molecule has 2 heterocycles. The van der Waals surface area contributed by atoms with Crippen LogP contribution in [0.4, 0.5) is 5.69 Å². The number of pyridine rings is 1. The summed E-state index contributed by atoms with van der Waals surface area (Å²) in [6.07, 6.45) is 5.13. The van der Waals surface area contributed by atoms with Crippen LogP contribution in [0.15, 0.2) is 55.0 Å². The van der Waals surface area contributed by atoms with E-state index in [9.17, 15) is 4.79 Å². The summed E-state index contributed by atoms with van der Waals surface area (Å²) in [7, 11) is 3.55. The highest BCUT2D eigenvalue weighted by atomic mass is 16.5. The highest BCUT2D eigenvalue weighted by Gasteiger charge is 2.11. The molecule has 0 atom stereocenters. The van der Waals surface area contributed by atoms with Crippen molar-refractivity contribution in [3.05, 3.63) is 72.1 Å². The van der Waals surface area contributed by atoms with Gasteiger partial charge in [-0.1, -0.05) is 18.2 Å². The maximum Gasteiger partial charge on any atom is 0.270 e. The summed E-state index contributed by atoms with van der Waals surface area (Å²) in [5.41, 5.74) is 2.16. The molecule has 3 rings (SSSR count). The van der Waals surface area contributed by atoms with Crippen LogP contribution in [0.1, 0.15) is 21.9 Å². The van der Waals surface area contributed by atoms with E-state index in [0.717, 1.165) is 22.8 Å². The summed E-state index contributed by atoms with van der Waals surface area (Å²) in [5.74, 6) is 1.36. The molecule has 0 radical (unpaired) electrons. The Morgan fingerprint density at radius 2 is 2.08 bits per heavy atom. The fourth-order valence-corrected chi connectivity index (χ4v) is 2.60. The van der Waals surface area contributed by atoms with Gasteiger partial charge in [-0.15, -0.1) is 0 Å². The second kappa shape index (κ2) is 8.15. The fraction of sp³-hybridized carbons (Fsp3) is 0.211. The molecule has 2 aromatic heterocycles. The number of carbonyl (C=O) groups is 1. The van der Waals surface area contributed by atoms with Crippen molar-refractivity contribution in [1.82, 2.24) is 20.3 Å². The fourth-order valence-electron chi connectivity index (χ4n) is 2.60. The van der Waals surface area contributed by atoms with E-state index in [-0.39, 0.29) is 5.91 Å². The number of H-pyrrole nitrogens is 1. The summed E-state index contributed by atoms with van der Waals surface area (Å²) in [6.45, 7) is 0.982. The Bertz CT molecular complexity index is 864. The molecule has 134 valence electrons. The summed E-state index contributed by atoms with van der Waals surface area (Å²) >= 11 is 0. The van der Waals surface area contributed by atoms with Crippen LogP contribution in [0.3, 0.4) is 0 Å². The van der Waals surface area contributed by atoms with Crippen LogP contribution in [0, 0.1) is 0 Å². The number of aromatic amines is 1. The number of ether oxygens (including phenoxy) is 1. The SMILES string of the molecule is COc1ccccc1CNC(=O)c1cc(N(C)Cc2ncc[nH]2)ccn1. The lowest BCUT2D eigenvalue weighted by molar-refractivity contribution is 0.0945. The van der Waals surface area contributed by atoms with E-state index in [4.69, 9.17) is 4.74 Å². The van der Waals surface area contributed by atoms with Gasteiger partial charge >= 0.3 is 0 Å². The van der Waals surface area contributed by atoms with E-state index in [2.05, 4.69) is 20.3 Å². The zero-order chi connectivity index (χ0) is 18.4. The predicted molar refractivity (Wildman–Crippen MR) is 99.1 cm³/mol. The first kappa shape index (κ1) is 17.5. The van der Waals surface area contributed by atoms with Gasteiger partial charge in [0.15, 0.2) is 0 Å². The number of nitrogens with one attached hydrogen (secondary N) is 2. The molecule has 26 heavy (non-hydrogen) atoms.